The number of hydrogen-bond donors (Lipinski definition) is 1. The molecule has 150 valence electrons. The van der Waals surface area contributed by atoms with Crippen molar-refractivity contribution in [3.63, 3.8) is 0 Å². The number of carbonyl (C=O) groups excluding carboxylic acids is 1. The minimum absolute atomic E-state index is 0.0270. The lowest BCUT2D eigenvalue weighted by Crippen LogP contribution is -2.42. The standard InChI is InChI=1S/C21H17ClF3N3O/c22-16-8-6-14(7-9-16)18-12-27(20-5-2-10-28(18)20)13-19(29)26-17-4-1-3-15(11-17)21(23,24)25/h1,3-4,6-9,11-12H,2,5,10,13H2/p+1. The highest BCUT2D eigenvalue weighted by molar-refractivity contribution is 6.30. The molecule has 4 rings (SSSR count). The lowest BCUT2D eigenvalue weighted by atomic mass is 10.1. The number of aromatic nitrogens is 2. The molecule has 8 heteroatoms. The van der Waals surface area contributed by atoms with E-state index in [2.05, 4.69) is 9.88 Å². The molecule has 0 aliphatic carbocycles. The molecule has 0 fully saturated rings. The number of imidazole rings is 1. The Morgan fingerprint density at radius 1 is 1.17 bits per heavy atom. The summed E-state index contributed by atoms with van der Waals surface area (Å²) in [4.78, 5) is 12.5. The van der Waals surface area contributed by atoms with Gasteiger partial charge in [-0.05, 0) is 48.9 Å². The van der Waals surface area contributed by atoms with Crippen molar-refractivity contribution in [1.82, 2.24) is 4.57 Å². The van der Waals surface area contributed by atoms with Gasteiger partial charge in [-0.15, -0.1) is 0 Å². The summed E-state index contributed by atoms with van der Waals surface area (Å²) in [6.07, 6.45) is -0.730. The highest BCUT2D eigenvalue weighted by Gasteiger charge is 2.31. The number of rotatable bonds is 4. The number of nitrogens with zero attached hydrogens (tertiary/aromatic N) is 2. The molecule has 4 nitrogen and oxygen atoms in total. The predicted octanol–water partition coefficient (Wildman–Crippen LogP) is 4.70. The van der Waals surface area contributed by atoms with Crippen LogP contribution in [0.15, 0.2) is 54.7 Å². The van der Waals surface area contributed by atoms with Crippen molar-refractivity contribution in [3.8, 4) is 11.3 Å². The Morgan fingerprint density at radius 2 is 1.93 bits per heavy atom. The highest BCUT2D eigenvalue weighted by Crippen LogP contribution is 2.30. The Kier molecular flexibility index (Phi) is 5.08. The Morgan fingerprint density at radius 3 is 2.66 bits per heavy atom. The molecule has 0 radical (unpaired) electrons. The zero-order valence-electron chi connectivity index (χ0n) is 15.3. The first-order valence-corrected chi connectivity index (χ1v) is 9.54. The quantitative estimate of drug-likeness (QED) is 0.610. The van der Waals surface area contributed by atoms with Crippen molar-refractivity contribution in [3.05, 3.63) is 71.1 Å². The number of hydrogen-bond acceptors (Lipinski definition) is 1. The van der Waals surface area contributed by atoms with Crippen LogP contribution >= 0.6 is 11.6 Å². The zero-order chi connectivity index (χ0) is 20.6. The van der Waals surface area contributed by atoms with E-state index < -0.39 is 11.7 Å². The first kappa shape index (κ1) is 19.5. The van der Waals surface area contributed by atoms with E-state index in [1.54, 1.807) is 0 Å². The van der Waals surface area contributed by atoms with Crippen LogP contribution < -0.4 is 9.88 Å². The van der Waals surface area contributed by atoms with E-state index in [4.69, 9.17) is 11.6 Å². The largest absolute Gasteiger partial charge is 0.416 e. The number of halogens is 4. The molecule has 0 spiro atoms. The molecule has 0 saturated heterocycles. The van der Waals surface area contributed by atoms with Crippen LogP contribution in [0.3, 0.4) is 0 Å². The van der Waals surface area contributed by atoms with Crippen molar-refractivity contribution in [2.24, 2.45) is 0 Å². The molecular formula is C21H18ClF3N3O+. The molecule has 1 aromatic heterocycles. The fraction of sp³-hybridized carbons (Fsp3) is 0.238. The van der Waals surface area contributed by atoms with Crippen LogP contribution in [0.4, 0.5) is 18.9 Å². The van der Waals surface area contributed by atoms with Gasteiger partial charge in [-0.2, -0.15) is 13.2 Å². The molecule has 1 aliphatic heterocycles. The van der Waals surface area contributed by atoms with Gasteiger partial charge in [0.15, 0.2) is 12.2 Å². The Balaban J connectivity index is 1.55. The van der Waals surface area contributed by atoms with E-state index in [0.29, 0.717) is 5.02 Å². The van der Waals surface area contributed by atoms with Crippen molar-refractivity contribution < 1.29 is 22.5 Å². The minimum Gasteiger partial charge on any atom is -0.323 e. The second-order valence-electron chi connectivity index (χ2n) is 6.95. The maximum Gasteiger partial charge on any atom is 0.416 e. The summed E-state index contributed by atoms with van der Waals surface area (Å²) in [5.74, 6) is 0.645. The van der Waals surface area contributed by atoms with Crippen LogP contribution in [0.2, 0.25) is 5.02 Å². The Bertz CT molecular complexity index is 1060. The normalized spacial score (nSPS) is 13.4. The third kappa shape index (κ3) is 4.15. The fourth-order valence-corrected chi connectivity index (χ4v) is 3.75. The summed E-state index contributed by atoms with van der Waals surface area (Å²) in [6, 6.07) is 12.1. The molecule has 0 unspecified atom stereocenters. The van der Waals surface area contributed by atoms with Gasteiger partial charge in [-0.1, -0.05) is 17.7 Å². The number of nitrogens with one attached hydrogen (secondary N) is 1. The van der Waals surface area contributed by atoms with Crippen LogP contribution in [0, 0.1) is 0 Å². The summed E-state index contributed by atoms with van der Waals surface area (Å²) in [5, 5.41) is 3.21. The average Bonchev–Trinajstić information content (AvgIpc) is 3.26. The van der Waals surface area contributed by atoms with Crippen molar-refractivity contribution >= 4 is 23.2 Å². The summed E-state index contributed by atoms with van der Waals surface area (Å²) in [6.45, 7) is 0.884. The number of amides is 1. The first-order chi connectivity index (χ1) is 13.8. The predicted molar refractivity (Wildman–Crippen MR) is 103 cm³/mol. The van der Waals surface area contributed by atoms with E-state index in [9.17, 15) is 18.0 Å². The van der Waals surface area contributed by atoms with E-state index in [0.717, 1.165) is 48.6 Å². The van der Waals surface area contributed by atoms with Gasteiger partial charge in [0.05, 0.1) is 18.5 Å². The summed E-state index contributed by atoms with van der Waals surface area (Å²) >= 11 is 5.97. The summed E-state index contributed by atoms with van der Waals surface area (Å²) < 4.78 is 42.6. The van der Waals surface area contributed by atoms with Crippen molar-refractivity contribution in [2.45, 2.75) is 32.1 Å². The van der Waals surface area contributed by atoms with Crippen molar-refractivity contribution in [2.75, 3.05) is 5.32 Å². The fourth-order valence-electron chi connectivity index (χ4n) is 3.63. The van der Waals surface area contributed by atoms with Gasteiger partial charge in [0.1, 0.15) is 6.20 Å². The third-order valence-corrected chi connectivity index (χ3v) is 5.17. The van der Waals surface area contributed by atoms with E-state index in [1.807, 2.05) is 35.0 Å². The van der Waals surface area contributed by atoms with Gasteiger partial charge in [0.2, 0.25) is 0 Å². The molecule has 3 aromatic rings. The lowest BCUT2D eigenvalue weighted by molar-refractivity contribution is -0.690. The van der Waals surface area contributed by atoms with Crippen LogP contribution in [-0.4, -0.2) is 10.5 Å². The molecule has 2 heterocycles. The molecule has 1 N–H and O–H groups in total. The molecule has 2 aromatic carbocycles. The van der Waals surface area contributed by atoms with Crippen LogP contribution in [0.5, 0.6) is 0 Å². The zero-order valence-corrected chi connectivity index (χ0v) is 16.1. The second-order valence-corrected chi connectivity index (χ2v) is 7.38. The average molecular weight is 421 g/mol. The second kappa shape index (κ2) is 7.55. The number of alkyl halides is 3. The van der Waals surface area contributed by atoms with Crippen LogP contribution in [-0.2, 0) is 30.5 Å². The maximum absolute atomic E-state index is 12.9. The van der Waals surface area contributed by atoms with Gasteiger partial charge in [-0.25, -0.2) is 9.13 Å². The topological polar surface area (TPSA) is 37.9 Å². The van der Waals surface area contributed by atoms with Gasteiger partial charge >= 0.3 is 6.18 Å². The van der Waals surface area contributed by atoms with Gasteiger partial charge in [0.25, 0.3) is 11.7 Å². The SMILES string of the molecule is O=C(C[n+]1cc(-c2ccc(Cl)cc2)n2c1CCC2)Nc1cccc(C(F)(F)F)c1. The molecule has 0 saturated carbocycles. The highest BCUT2D eigenvalue weighted by atomic mass is 35.5. The summed E-state index contributed by atoms with van der Waals surface area (Å²) in [5.41, 5.74) is 1.31. The van der Waals surface area contributed by atoms with E-state index in [1.165, 1.54) is 12.1 Å². The molecule has 1 amide bonds. The van der Waals surface area contributed by atoms with Crippen LogP contribution in [0.25, 0.3) is 11.3 Å². The Hall–Kier alpha value is -2.80. The first-order valence-electron chi connectivity index (χ1n) is 9.16. The van der Waals surface area contributed by atoms with Gasteiger partial charge < -0.3 is 5.32 Å². The molecule has 0 bridgehead atoms. The summed E-state index contributed by atoms with van der Waals surface area (Å²) in [7, 11) is 0. The minimum atomic E-state index is -4.45. The molecule has 0 atom stereocenters. The van der Waals surface area contributed by atoms with Crippen LogP contribution in [0.1, 0.15) is 17.8 Å². The monoisotopic (exact) mass is 420 g/mol. The lowest BCUT2D eigenvalue weighted by Gasteiger charge is -2.09. The third-order valence-electron chi connectivity index (χ3n) is 4.92. The molecule has 1 aliphatic rings. The smallest absolute Gasteiger partial charge is 0.323 e. The number of benzene rings is 2. The number of fused-ring (bicyclic) bond motifs is 1. The van der Waals surface area contributed by atoms with Gasteiger partial charge in [-0.3, -0.25) is 4.79 Å². The van der Waals surface area contributed by atoms with Crippen molar-refractivity contribution in [1.29, 1.82) is 0 Å². The Labute approximate surface area is 170 Å². The maximum atomic E-state index is 12.9. The molecular weight excluding hydrogens is 403 g/mol. The van der Waals surface area contributed by atoms with E-state index in [-0.39, 0.29) is 18.1 Å². The number of anilines is 1. The van der Waals surface area contributed by atoms with Gasteiger partial charge in [0, 0.05) is 16.3 Å². The number of carbonyl (C=O) groups is 1. The molecule has 29 heavy (non-hydrogen) atoms. The van der Waals surface area contributed by atoms with E-state index >= 15 is 0 Å².